The molecule has 0 aliphatic heterocycles. The highest BCUT2D eigenvalue weighted by Crippen LogP contribution is 2.29. The van der Waals surface area contributed by atoms with E-state index in [4.69, 9.17) is 16.3 Å². The van der Waals surface area contributed by atoms with E-state index in [2.05, 4.69) is 46.3 Å². The molecule has 6 heteroatoms. The van der Waals surface area contributed by atoms with Crippen molar-refractivity contribution in [1.29, 1.82) is 5.26 Å². The van der Waals surface area contributed by atoms with Crippen LogP contribution in [0.5, 0.6) is 5.75 Å². The Morgan fingerprint density at radius 1 is 1.00 bits per heavy atom. The maximum Gasteiger partial charge on any atom is 0.266 e. The van der Waals surface area contributed by atoms with Crippen molar-refractivity contribution < 1.29 is 9.53 Å². The monoisotopic (exact) mass is 481 g/mol. The van der Waals surface area contributed by atoms with Gasteiger partial charge in [0, 0.05) is 22.1 Å². The molecule has 0 aliphatic carbocycles. The number of carbonyl (C=O) groups is 1. The van der Waals surface area contributed by atoms with E-state index in [1.807, 2.05) is 44.2 Å². The summed E-state index contributed by atoms with van der Waals surface area (Å²) in [6, 6.07) is 27.4. The fourth-order valence-corrected chi connectivity index (χ4v) is 4.21. The molecule has 3 aromatic carbocycles. The molecule has 0 atom stereocenters. The summed E-state index contributed by atoms with van der Waals surface area (Å²) >= 11 is 6.05. The van der Waals surface area contributed by atoms with Crippen molar-refractivity contribution >= 4 is 29.3 Å². The number of nitrogens with one attached hydrogen (secondary N) is 1. The summed E-state index contributed by atoms with van der Waals surface area (Å²) in [7, 11) is 1.50. The van der Waals surface area contributed by atoms with Gasteiger partial charge in [-0.2, -0.15) is 5.26 Å². The van der Waals surface area contributed by atoms with E-state index in [1.165, 1.54) is 7.11 Å². The standard InChI is InChI=1S/C29H24ClN3O2/c1-19-15-23(16-24(18-31)29(34)32-27-17-25(30)11-14-28(27)35-3)20(2)33(19)26-12-9-22(10-13-26)21-7-5-4-6-8-21/h4-17H,1-3H3,(H,32,34)/b24-16+. The molecule has 0 saturated heterocycles. The second kappa shape index (κ2) is 10.3. The molecule has 0 aliphatic rings. The van der Waals surface area contributed by atoms with Gasteiger partial charge in [-0.1, -0.05) is 54.1 Å². The minimum atomic E-state index is -0.537. The van der Waals surface area contributed by atoms with Crippen molar-refractivity contribution in [2.45, 2.75) is 13.8 Å². The lowest BCUT2D eigenvalue weighted by atomic mass is 10.1. The molecule has 1 aromatic heterocycles. The highest BCUT2D eigenvalue weighted by atomic mass is 35.5. The minimum absolute atomic E-state index is 0.0216. The fraction of sp³-hybridized carbons (Fsp3) is 0.103. The number of carbonyl (C=O) groups excluding carboxylic acids is 1. The molecule has 0 bridgehead atoms. The lowest BCUT2D eigenvalue weighted by molar-refractivity contribution is -0.112. The maximum absolute atomic E-state index is 12.9. The minimum Gasteiger partial charge on any atom is -0.495 e. The number of halogens is 1. The Balaban J connectivity index is 1.62. The van der Waals surface area contributed by atoms with E-state index >= 15 is 0 Å². The van der Waals surface area contributed by atoms with E-state index < -0.39 is 5.91 Å². The maximum atomic E-state index is 12.9. The van der Waals surface area contributed by atoms with Crippen LogP contribution in [0.4, 0.5) is 5.69 Å². The molecule has 5 nitrogen and oxygen atoms in total. The Morgan fingerprint density at radius 2 is 1.69 bits per heavy atom. The third kappa shape index (κ3) is 5.13. The zero-order valence-electron chi connectivity index (χ0n) is 19.7. The highest BCUT2D eigenvalue weighted by Gasteiger charge is 2.16. The first-order valence-electron chi connectivity index (χ1n) is 11.0. The molecule has 4 aromatic rings. The number of anilines is 1. The summed E-state index contributed by atoms with van der Waals surface area (Å²) in [5, 5.41) is 12.9. The van der Waals surface area contributed by atoms with Crippen molar-refractivity contribution in [3.8, 4) is 28.6 Å². The molecule has 0 fully saturated rings. The van der Waals surface area contributed by atoms with Gasteiger partial charge in [0.05, 0.1) is 12.8 Å². The largest absolute Gasteiger partial charge is 0.495 e. The summed E-state index contributed by atoms with van der Waals surface area (Å²) in [4.78, 5) is 12.9. The van der Waals surface area contributed by atoms with Gasteiger partial charge in [-0.15, -0.1) is 0 Å². The van der Waals surface area contributed by atoms with Crippen LogP contribution in [0.25, 0.3) is 22.9 Å². The van der Waals surface area contributed by atoms with Gasteiger partial charge in [0.2, 0.25) is 0 Å². The van der Waals surface area contributed by atoms with Crippen molar-refractivity contribution in [3.63, 3.8) is 0 Å². The lowest BCUT2D eigenvalue weighted by Crippen LogP contribution is -2.14. The van der Waals surface area contributed by atoms with Crippen LogP contribution in [0.3, 0.4) is 0 Å². The number of amides is 1. The van der Waals surface area contributed by atoms with Crippen LogP contribution in [-0.2, 0) is 4.79 Å². The summed E-state index contributed by atoms with van der Waals surface area (Å²) < 4.78 is 7.38. The van der Waals surface area contributed by atoms with Crippen LogP contribution in [-0.4, -0.2) is 17.6 Å². The number of hydrogen-bond donors (Lipinski definition) is 1. The number of methoxy groups -OCH3 is 1. The Bertz CT molecular complexity index is 1450. The van der Waals surface area contributed by atoms with Gasteiger partial charge in [-0.05, 0) is 73.0 Å². The first-order valence-corrected chi connectivity index (χ1v) is 11.4. The van der Waals surface area contributed by atoms with Crippen molar-refractivity contribution in [3.05, 3.63) is 106 Å². The lowest BCUT2D eigenvalue weighted by Gasteiger charge is -2.11. The number of aryl methyl sites for hydroxylation is 1. The predicted molar refractivity (Wildman–Crippen MR) is 141 cm³/mol. The number of hydrogen-bond acceptors (Lipinski definition) is 3. The van der Waals surface area contributed by atoms with Gasteiger partial charge in [0.15, 0.2) is 0 Å². The molecule has 35 heavy (non-hydrogen) atoms. The van der Waals surface area contributed by atoms with Gasteiger partial charge in [0.1, 0.15) is 17.4 Å². The van der Waals surface area contributed by atoms with Crippen molar-refractivity contribution in [2.24, 2.45) is 0 Å². The molecular formula is C29H24ClN3O2. The SMILES string of the molecule is COc1ccc(Cl)cc1NC(=O)/C(C#N)=C/c1cc(C)n(-c2ccc(-c3ccccc3)cc2)c1C. The van der Waals surface area contributed by atoms with Crippen LogP contribution in [0.15, 0.2) is 84.4 Å². The van der Waals surface area contributed by atoms with Gasteiger partial charge < -0.3 is 14.6 Å². The molecule has 4 rings (SSSR count). The van der Waals surface area contributed by atoms with E-state index in [1.54, 1.807) is 24.3 Å². The number of aromatic nitrogens is 1. The van der Waals surface area contributed by atoms with E-state index in [9.17, 15) is 10.1 Å². The van der Waals surface area contributed by atoms with Crippen LogP contribution < -0.4 is 10.1 Å². The van der Waals surface area contributed by atoms with E-state index in [0.717, 1.165) is 33.8 Å². The molecule has 0 radical (unpaired) electrons. The Labute approximate surface area is 209 Å². The highest BCUT2D eigenvalue weighted by molar-refractivity contribution is 6.31. The average Bonchev–Trinajstić information content (AvgIpc) is 3.15. The molecule has 0 spiro atoms. The number of rotatable bonds is 6. The van der Waals surface area contributed by atoms with Gasteiger partial charge in [-0.3, -0.25) is 4.79 Å². The van der Waals surface area contributed by atoms with Crippen molar-refractivity contribution in [1.82, 2.24) is 4.57 Å². The fourth-order valence-electron chi connectivity index (χ4n) is 4.04. The smallest absolute Gasteiger partial charge is 0.266 e. The van der Waals surface area contributed by atoms with E-state index in [-0.39, 0.29) is 5.57 Å². The summed E-state index contributed by atoms with van der Waals surface area (Å²) in [5.41, 5.74) is 6.39. The molecule has 0 unspecified atom stereocenters. The predicted octanol–water partition coefficient (Wildman–Crippen LogP) is 6.97. The number of ether oxygens (including phenoxy) is 1. The average molecular weight is 482 g/mol. The second-order valence-electron chi connectivity index (χ2n) is 8.04. The zero-order chi connectivity index (χ0) is 24.9. The summed E-state index contributed by atoms with van der Waals surface area (Å²) in [6.07, 6.45) is 1.60. The third-order valence-electron chi connectivity index (χ3n) is 5.78. The first-order chi connectivity index (χ1) is 16.9. The summed E-state index contributed by atoms with van der Waals surface area (Å²) in [6.45, 7) is 3.97. The third-order valence-corrected chi connectivity index (χ3v) is 6.01. The molecular weight excluding hydrogens is 458 g/mol. The van der Waals surface area contributed by atoms with Crippen LogP contribution >= 0.6 is 11.6 Å². The van der Waals surface area contributed by atoms with Crippen molar-refractivity contribution in [2.75, 3.05) is 12.4 Å². The molecule has 1 N–H and O–H groups in total. The Kier molecular flexibility index (Phi) is 7.05. The Hall–Kier alpha value is -4.27. The van der Waals surface area contributed by atoms with Gasteiger partial charge in [0.25, 0.3) is 5.91 Å². The number of nitrogens with zero attached hydrogens (tertiary/aromatic N) is 2. The topological polar surface area (TPSA) is 67.0 Å². The van der Waals surface area contributed by atoms with Crippen LogP contribution in [0.1, 0.15) is 17.0 Å². The zero-order valence-corrected chi connectivity index (χ0v) is 20.4. The van der Waals surface area contributed by atoms with Crippen LogP contribution in [0.2, 0.25) is 5.02 Å². The molecule has 1 amide bonds. The molecule has 1 heterocycles. The normalized spacial score (nSPS) is 11.1. The second-order valence-corrected chi connectivity index (χ2v) is 8.48. The van der Waals surface area contributed by atoms with Gasteiger partial charge in [-0.25, -0.2) is 0 Å². The van der Waals surface area contributed by atoms with Crippen LogP contribution in [0, 0.1) is 25.2 Å². The number of benzene rings is 3. The first kappa shape index (κ1) is 23.9. The van der Waals surface area contributed by atoms with Gasteiger partial charge >= 0.3 is 0 Å². The molecule has 174 valence electrons. The number of nitriles is 1. The quantitative estimate of drug-likeness (QED) is 0.239. The van der Waals surface area contributed by atoms with E-state index in [0.29, 0.717) is 16.5 Å². The molecule has 0 saturated carbocycles. The summed E-state index contributed by atoms with van der Waals surface area (Å²) in [5.74, 6) is -0.0812. The Morgan fingerprint density at radius 3 is 2.34 bits per heavy atom.